The highest BCUT2D eigenvalue weighted by Gasteiger charge is 2.16. The maximum Gasteiger partial charge on any atom is 0.164 e. The van der Waals surface area contributed by atoms with E-state index in [1.165, 1.54) is 0 Å². The Morgan fingerprint density at radius 3 is 2.22 bits per heavy atom. The van der Waals surface area contributed by atoms with Crippen LogP contribution in [-0.2, 0) is 19.4 Å². The van der Waals surface area contributed by atoms with Gasteiger partial charge in [0, 0.05) is 23.7 Å². The van der Waals surface area contributed by atoms with E-state index in [0.29, 0.717) is 42.0 Å². The first-order valence-electron chi connectivity index (χ1n) is 9.92. The molecule has 0 fully saturated rings. The number of nitrogens with zero attached hydrogens (tertiary/aromatic N) is 1. The molecule has 8 heteroatoms. The van der Waals surface area contributed by atoms with Crippen molar-refractivity contribution in [1.29, 1.82) is 0 Å². The van der Waals surface area contributed by atoms with Gasteiger partial charge in [0.25, 0.3) is 0 Å². The van der Waals surface area contributed by atoms with Gasteiger partial charge in [-0.3, -0.25) is 0 Å². The van der Waals surface area contributed by atoms with Gasteiger partial charge in [0.05, 0.1) is 21.3 Å². The Bertz CT molecular complexity index is 1010. The summed E-state index contributed by atoms with van der Waals surface area (Å²) in [6.07, 6.45) is 3.09. The summed E-state index contributed by atoms with van der Waals surface area (Å²) in [4.78, 5) is 4.07. The molecule has 3 aromatic rings. The Labute approximate surface area is 200 Å². The lowest BCUT2D eigenvalue weighted by Crippen LogP contribution is -2.08. The highest BCUT2D eigenvalue weighted by atomic mass is 35.5. The van der Waals surface area contributed by atoms with Crippen LogP contribution in [0.1, 0.15) is 22.3 Å². The van der Waals surface area contributed by atoms with Crippen molar-refractivity contribution < 1.29 is 18.9 Å². The molecule has 0 aliphatic heterocycles. The van der Waals surface area contributed by atoms with Gasteiger partial charge in [0.1, 0.15) is 11.8 Å². The number of benzene rings is 2. The quantitative estimate of drug-likeness (QED) is 0.419. The van der Waals surface area contributed by atoms with E-state index in [0.717, 1.165) is 34.4 Å². The van der Waals surface area contributed by atoms with Crippen LogP contribution in [0.5, 0.6) is 23.0 Å². The first-order valence-corrected chi connectivity index (χ1v) is 10.3. The van der Waals surface area contributed by atoms with Crippen LogP contribution in [0.3, 0.4) is 0 Å². The van der Waals surface area contributed by atoms with Crippen molar-refractivity contribution in [3.63, 3.8) is 0 Å². The molecule has 0 aliphatic carbocycles. The zero-order valence-electron chi connectivity index (χ0n) is 18.4. The summed E-state index contributed by atoms with van der Waals surface area (Å²) in [5.74, 6) is 2.73. The molecule has 2 N–H and O–H groups in total. The molecule has 0 radical (unpaired) electrons. The largest absolute Gasteiger partial charge is 0.493 e. The summed E-state index contributed by atoms with van der Waals surface area (Å²) in [6.45, 7) is 0.919. The van der Waals surface area contributed by atoms with Crippen LogP contribution in [0, 0.1) is 0 Å². The summed E-state index contributed by atoms with van der Waals surface area (Å²) in [5.41, 5.74) is 9.98. The summed E-state index contributed by atoms with van der Waals surface area (Å²) in [6, 6.07) is 13.5. The second kappa shape index (κ2) is 12.4. The lowest BCUT2D eigenvalue weighted by molar-refractivity contribution is 0.284. The minimum absolute atomic E-state index is 0. The molecule has 0 aliphatic rings. The maximum atomic E-state index is 5.93. The molecule has 0 saturated heterocycles. The van der Waals surface area contributed by atoms with E-state index >= 15 is 0 Å². The number of hydrogen-bond acceptors (Lipinski definition) is 6. The molecule has 0 saturated carbocycles. The van der Waals surface area contributed by atoms with Crippen LogP contribution in [-0.4, -0.2) is 32.9 Å². The topological polar surface area (TPSA) is 75.8 Å². The van der Waals surface area contributed by atoms with Gasteiger partial charge in [0.15, 0.2) is 23.0 Å². The van der Waals surface area contributed by atoms with Crippen LogP contribution in [0.25, 0.3) is 0 Å². The Morgan fingerprint density at radius 2 is 1.59 bits per heavy atom. The number of pyridine rings is 1. The van der Waals surface area contributed by atoms with E-state index in [1.54, 1.807) is 33.6 Å². The van der Waals surface area contributed by atoms with Crippen molar-refractivity contribution in [2.45, 2.75) is 19.4 Å². The number of nitrogens with two attached hydrogens (primary N) is 1. The van der Waals surface area contributed by atoms with Gasteiger partial charge in [0.2, 0.25) is 0 Å². The van der Waals surface area contributed by atoms with Crippen LogP contribution in [0.4, 0.5) is 0 Å². The van der Waals surface area contributed by atoms with Gasteiger partial charge >= 0.3 is 0 Å². The minimum atomic E-state index is 0. The lowest BCUT2D eigenvalue weighted by Gasteiger charge is -2.18. The molecular formula is C24H28Cl2N2O4. The second-order valence-corrected chi connectivity index (χ2v) is 7.30. The molecule has 0 amide bonds. The Kier molecular flexibility index (Phi) is 9.91. The van der Waals surface area contributed by atoms with Crippen molar-refractivity contribution in [2.75, 3.05) is 27.9 Å². The molecular weight excluding hydrogens is 451 g/mol. The predicted molar refractivity (Wildman–Crippen MR) is 129 cm³/mol. The van der Waals surface area contributed by atoms with Crippen molar-refractivity contribution in [1.82, 2.24) is 4.98 Å². The van der Waals surface area contributed by atoms with E-state index in [4.69, 9.17) is 36.3 Å². The molecule has 0 unspecified atom stereocenters. The molecule has 2 aromatic carbocycles. The zero-order valence-corrected chi connectivity index (χ0v) is 20.0. The molecule has 0 bridgehead atoms. The molecule has 32 heavy (non-hydrogen) atoms. The molecule has 0 spiro atoms. The average Bonchev–Trinajstić information content (AvgIpc) is 2.80. The van der Waals surface area contributed by atoms with Crippen molar-refractivity contribution >= 4 is 24.0 Å². The smallest absolute Gasteiger partial charge is 0.164 e. The summed E-state index contributed by atoms with van der Waals surface area (Å²) >= 11 is 5.84. The van der Waals surface area contributed by atoms with Crippen LogP contribution in [0.2, 0.25) is 5.15 Å². The van der Waals surface area contributed by atoms with Crippen molar-refractivity contribution in [3.8, 4) is 23.0 Å². The van der Waals surface area contributed by atoms with E-state index in [2.05, 4.69) is 4.98 Å². The third-order valence-electron chi connectivity index (χ3n) is 4.95. The third-order valence-corrected chi connectivity index (χ3v) is 5.17. The summed E-state index contributed by atoms with van der Waals surface area (Å²) < 4.78 is 22.7. The Hall–Kier alpha value is -2.67. The number of halogens is 2. The third kappa shape index (κ3) is 6.19. The fraction of sp³-hybridized carbons (Fsp3) is 0.292. The Balaban J connectivity index is 0.00000363. The molecule has 172 valence electrons. The lowest BCUT2D eigenvalue weighted by atomic mass is 9.96. The average molecular weight is 479 g/mol. The fourth-order valence-electron chi connectivity index (χ4n) is 3.41. The number of methoxy groups -OCH3 is 3. The number of ether oxygens (including phenoxy) is 4. The van der Waals surface area contributed by atoms with Gasteiger partial charge in [-0.2, -0.15) is 0 Å². The van der Waals surface area contributed by atoms with Gasteiger partial charge in [-0.1, -0.05) is 29.8 Å². The predicted octanol–water partition coefficient (Wildman–Crippen LogP) is 4.85. The summed E-state index contributed by atoms with van der Waals surface area (Å²) in [7, 11) is 4.91. The normalized spacial score (nSPS) is 10.3. The zero-order chi connectivity index (χ0) is 22.2. The minimum Gasteiger partial charge on any atom is -0.493 e. The molecule has 1 aromatic heterocycles. The molecule has 0 atom stereocenters. The molecule has 1 heterocycles. The highest BCUT2D eigenvalue weighted by molar-refractivity contribution is 6.29. The molecule has 3 rings (SSSR count). The SMILES string of the molecule is COc1cc(Cc2c(CCN)ccc(OC)c2OC)ccc1OCc1ccc(Cl)nc1.Cl. The van der Waals surface area contributed by atoms with Gasteiger partial charge < -0.3 is 24.7 Å². The highest BCUT2D eigenvalue weighted by Crippen LogP contribution is 2.37. The maximum absolute atomic E-state index is 5.93. The first kappa shape index (κ1) is 25.6. The van der Waals surface area contributed by atoms with E-state index in [-0.39, 0.29) is 12.4 Å². The van der Waals surface area contributed by atoms with E-state index < -0.39 is 0 Å². The van der Waals surface area contributed by atoms with Gasteiger partial charge in [-0.15, -0.1) is 12.4 Å². The second-order valence-electron chi connectivity index (χ2n) is 6.92. The van der Waals surface area contributed by atoms with Crippen LogP contribution < -0.4 is 24.7 Å². The monoisotopic (exact) mass is 478 g/mol. The molecule has 6 nitrogen and oxygen atoms in total. The van der Waals surface area contributed by atoms with E-state index in [9.17, 15) is 0 Å². The Morgan fingerprint density at radius 1 is 0.875 bits per heavy atom. The first-order chi connectivity index (χ1) is 15.1. The summed E-state index contributed by atoms with van der Waals surface area (Å²) in [5, 5.41) is 0.452. The van der Waals surface area contributed by atoms with Crippen LogP contribution >= 0.6 is 24.0 Å². The number of aromatic nitrogens is 1. The van der Waals surface area contributed by atoms with Crippen LogP contribution in [0.15, 0.2) is 48.7 Å². The van der Waals surface area contributed by atoms with Gasteiger partial charge in [-0.25, -0.2) is 4.98 Å². The van der Waals surface area contributed by atoms with E-state index in [1.807, 2.05) is 36.4 Å². The fourth-order valence-corrected chi connectivity index (χ4v) is 3.53. The standard InChI is InChI=1S/C24H27ClN2O4.ClH/c1-28-21-8-6-18(10-11-26)19(24(21)30-3)12-16-4-7-20(22(13-16)29-2)31-15-17-5-9-23(25)27-14-17;/h4-9,13-14H,10-12,15,26H2,1-3H3;1H. The van der Waals surface area contributed by atoms with Crippen molar-refractivity contribution in [3.05, 3.63) is 76.1 Å². The number of rotatable bonds is 10. The van der Waals surface area contributed by atoms with Crippen molar-refractivity contribution in [2.24, 2.45) is 5.73 Å². The van der Waals surface area contributed by atoms with Gasteiger partial charge in [-0.05, 0) is 48.4 Å². The number of hydrogen-bond donors (Lipinski definition) is 1.